The van der Waals surface area contributed by atoms with E-state index >= 15 is 0 Å². The summed E-state index contributed by atoms with van der Waals surface area (Å²) < 4.78 is 0. The summed E-state index contributed by atoms with van der Waals surface area (Å²) in [7, 11) is 0. The van der Waals surface area contributed by atoms with Crippen molar-refractivity contribution in [1.29, 1.82) is 0 Å². The van der Waals surface area contributed by atoms with Gasteiger partial charge in [0.15, 0.2) is 0 Å². The Kier molecular flexibility index (Phi) is 3.68. The van der Waals surface area contributed by atoms with Crippen LogP contribution in [0.25, 0.3) is 10.9 Å². The Labute approximate surface area is 149 Å². The van der Waals surface area contributed by atoms with Gasteiger partial charge in [-0.05, 0) is 44.4 Å². The minimum atomic E-state index is -0.0405. The fraction of sp³-hybridized carbons (Fsp3) is 0.421. The van der Waals surface area contributed by atoms with Crippen LogP contribution < -0.4 is 5.56 Å². The normalized spacial score (nSPS) is 21.2. The SMILES string of the molecule is O=c1[nH]c(C2CCCN2Cc2cnc(C3CC3)s2)nc2ccccc12. The smallest absolute Gasteiger partial charge is 0.258 e. The maximum absolute atomic E-state index is 12.4. The van der Waals surface area contributed by atoms with Crippen molar-refractivity contribution in [3.63, 3.8) is 0 Å². The summed E-state index contributed by atoms with van der Waals surface area (Å²) in [5, 5.41) is 1.95. The molecule has 25 heavy (non-hydrogen) atoms. The zero-order valence-corrected chi connectivity index (χ0v) is 14.8. The van der Waals surface area contributed by atoms with Gasteiger partial charge in [0.1, 0.15) is 5.82 Å². The van der Waals surface area contributed by atoms with Gasteiger partial charge >= 0.3 is 0 Å². The number of nitrogens with zero attached hydrogens (tertiary/aromatic N) is 3. The molecule has 0 spiro atoms. The van der Waals surface area contributed by atoms with Crippen molar-refractivity contribution in [3.05, 3.63) is 56.5 Å². The van der Waals surface area contributed by atoms with Crippen LogP contribution >= 0.6 is 11.3 Å². The molecule has 3 heterocycles. The molecule has 1 atom stereocenters. The second-order valence-electron chi connectivity index (χ2n) is 7.04. The number of thiazole rings is 1. The minimum absolute atomic E-state index is 0.0405. The van der Waals surface area contributed by atoms with E-state index in [4.69, 9.17) is 4.98 Å². The Morgan fingerprint density at radius 1 is 1.24 bits per heavy atom. The van der Waals surface area contributed by atoms with Crippen LogP contribution in [0.1, 0.15) is 53.4 Å². The van der Waals surface area contributed by atoms with Crippen LogP contribution in [0.5, 0.6) is 0 Å². The van der Waals surface area contributed by atoms with Gasteiger partial charge in [0, 0.05) is 23.5 Å². The minimum Gasteiger partial charge on any atom is -0.309 e. The fourth-order valence-electron chi connectivity index (χ4n) is 3.70. The lowest BCUT2D eigenvalue weighted by molar-refractivity contribution is 0.242. The monoisotopic (exact) mass is 352 g/mol. The third-order valence-corrected chi connectivity index (χ3v) is 6.31. The van der Waals surface area contributed by atoms with E-state index in [1.807, 2.05) is 41.8 Å². The van der Waals surface area contributed by atoms with Crippen molar-refractivity contribution in [2.45, 2.75) is 44.2 Å². The molecule has 128 valence electrons. The predicted molar refractivity (Wildman–Crippen MR) is 98.8 cm³/mol. The van der Waals surface area contributed by atoms with Gasteiger partial charge in [0.05, 0.1) is 22.0 Å². The zero-order chi connectivity index (χ0) is 16.8. The van der Waals surface area contributed by atoms with Crippen molar-refractivity contribution < 1.29 is 0 Å². The van der Waals surface area contributed by atoms with Crippen LogP contribution in [-0.2, 0) is 6.54 Å². The van der Waals surface area contributed by atoms with E-state index < -0.39 is 0 Å². The molecule has 1 aromatic carbocycles. The number of hydrogen-bond acceptors (Lipinski definition) is 5. The molecule has 1 N–H and O–H groups in total. The number of benzene rings is 1. The molecule has 0 radical (unpaired) electrons. The average Bonchev–Trinajstić information content (AvgIpc) is 3.19. The van der Waals surface area contributed by atoms with Crippen molar-refractivity contribution in [2.75, 3.05) is 6.54 Å². The molecule has 5 rings (SSSR count). The summed E-state index contributed by atoms with van der Waals surface area (Å²) in [5.41, 5.74) is 0.739. The van der Waals surface area contributed by atoms with Crippen LogP contribution in [0.2, 0.25) is 0 Å². The molecular weight excluding hydrogens is 332 g/mol. The summed E-state index contributed by atoms with van der Waals surface area (Å²) in [6.45, 7) is 1.93. The topological polar surface area (TPSA) is 61.9 Å². The van der Waals surface area contributed by atoms with Gasteiger partial charge in [-0.15, -0.1) is 11.3 Å². The molecule has 1 unspecified atom stereocenters. The molecule has 3 aromatic rings. The highest BCUT2D eigenvalue weighted by molar-refractivity contribution is 7.11. The average molecular weight is 352 g/mol. The van der Waals surface area contributed by atoms with Crippen molar-refractivity contribution in [1.82, 2.24) is 19.9 Å². The largest absolute Gasteiger partial charge is 0.309 e. The Bertz CT molecular complexity index is 975. The Morgan fingerprint density at radius 3 is 3.00 bits per heavy atom. The van der Waals surface area contributed by atoms with E-state index in [9.17, 15) is 4.79 Å². The standard InChI is InChI=1S/C19H20N4OS/c24-18-14-4-1-2-5-15(14)21-17(22-18)16-6-3-9-23(16)11-13-10-20-19(25-13)12-7-8-12/h1-2,4-5,10,12,16H,3,6-9,11H2,(H,21,22,24). The van der Waals surface area contributed by atoms with Crippen molar-refractivity contribution in [2.24, 2.45) is 0 Å². The molecule has 1 aliphatic carbocycles. The highest BCUT2D eigenvalue weighted by Crippen LogP contribution is 2.42. The number of aromatic nitrogens is 3. The molecule has 1 aliphatic heterocycles. The van der Waals surface area contributed by atoms with Gasteiger partial charge in [0.2, 0.25) is 0 Å². The third kappa shape index (κ3) is 2.89. The van der Waals surface area contributed by atoms with Crippen LogP contribution in [0, 0.1) is 0 Å². The molecule has 2 fully saturated rings. The molecule has 5 nitrogen and oxygen atoms in total. The summed E-state index contributed by atoms with van der Waals surface area (Å²) in [6, 6.07) is 7.74. The first-order valence-corrected chi connectivity index (χ1v) is 9.77. The third-order valence-electron chi connectivity index (χ3n) is 5.17. The Hall–Kier alpha value is -2.05. The van der Waals surface area contributed by atoms with E-state index in [0.29, 0.717) is 11.3 Å². The molecule has 1 saturated heterocycles. The quantitative estimate of drug-likeness (QED) is 0.779. The first-order chi connectivity index (χ1) is 12.3. The molecule has 1 saturated carbocycles. The summed E-state index contributed by atoms with van der Waals surface area (Å²) >= 11 is 1.85. The van der Waals surface area contributed by atoms with Gasteiger partial charge in [-0.2, -0.15) is 0 Å². The number of H-pyrrole nitrogens is 1. The van der Waals surface area contributed by atoms with E-state index in [0.717, 1.165) is 37.3 Å². The second-order valence-corrected chi connectivity index (χ2v) is 8.18. The number of para-hydroxylation sites is 1. The fourth-order valence-corrected chi connectivity index (χ4v) is 4.81. The lowest BCUT2D eigenvalue weighted by Crippen LogP contribution is -2.26. The van der Waals surface area contributed by atoms with Gasteiger partial charge < -0.3 is 4.98 Å². The first-order valence-electron chi connectivity index (χ1n) is 8.95. The summed E-state index contributed by atoms with van der Waals surface area (Å²) in [4.78, 5) is 28.5. The Balaban J connectivity index is 1.43. The highest BCUT2D eigenvalue weighted by atomic mass is 32.1. The predicted octanol–water partition coefficient (Wildman–Crippen LogP) is 3.59. The van der Waals surface area contributed by atoms with Crippen LogP contribution in [0.3, 0.4) is 0 Å². The maximum Gasteiger partial charge on any atom is 0.258 e. The van der Waals surface area contributed by atoms with E-state index in [-0.39, 0.29) is 11.6 Å². The number of fused-ring (bicyclic) bond motifs is 1. The molecule has 2 aromatic heterocycles. The van der Waals surface area contributed by atoms with Gasteiger partial charge in [-0.3, -0.25) is 9.69 Å². The molecule has 6 heteroatoms. The Morgan fingerprint density at radius 2 is 2.12 bits per heavy atom. The van der Waals surface area contributed by atoms with E-state index in [1.165, 1.54) is 22.7 Å². The van der Waals surface area contributed by atoms with Gasteiger partial charge in [0.25, 0.3) is 5.56 Å². The number of hydrogen-bond donors (Lipinski definition) is 1. The summed E-state index contributed by atoms with van der Waals surface area (Å²) in [6.07, 6.45) is 6.79. The molecule has 0 amide bonds. The van der Waals surface area contributed by atoms with Gasteiger partial charge in [-0.1, -0.05) is 12.1 Å². The number of likely N-dealkylation sites (tertiary alicyclic amines) is 1. The van der Waals surface area contributed by atoms with Crippen LogP contribution in [-0.4, -0.2) is 26.4 Å². The van der Waals surface area contributed by atoms with Crippen LogP contribution in [0.4, 0.5) is 0 Å². The van der Waals surface area contributed by atoms with E-state index in [1.54, 1.807) is 0 Å². The highest BCUT2D eigenvalue weighted by Gasteiger charge is 2.30. The van der Waals surface area contributed by atoms with E-state index in [2.05, 4.69) is 14.9 Å². The zero-order valence-electron chi connectivity index (χ0n) is 13.9. The number of rotatable bonds is 4. The lowest BCUT2D eigenvalue weighted by Gasteiger charge is -2.23. The van der Waals surface area contributed by atoms with Crippen molar-refractivity contribution >= 4 is 22.2 Å². The number of aromatic amines is 1. The first kappa shape index (κ1) is 15.2. The van der Waals surface area contributed by atoms with Gasteiger partial charge in [-0.25, -0.2) is 9.97 Å². The number of nitrogens with one attached hydrogen (secondary N) is 1. The van der Waals surface area contributed by atoms with Crippen molar-refractivity contribution in [3.8, 4) is 0 Å². The maximum atomic E-state index is 12.4. The second kappa shape index (κ2) is 6.04. The molecule has 0 bridgehead atoms. The van der Waals surface area contributed by atoms with Crippen LogP contribution in [0.15, 0.2) is 35.3 Å². The summed E-state index contributed by atoms with van der Waals surface area (Å²) in [5.74, 6) is 1.51. The molecular formula is C19H20N4OS. The lowest BCUT2D eigenvalue weighted by atomic mass is 10.2. The molecule has 2 aliphatic rings.